The van der Waals surface area contributed by atoms with Gasteiger partial charge in [0.05, 0.1) is 11.8 Å². The summed E-state index contributed by atoms with van der Waals surface area (Å²) in [5, 5.41) is 0. The summed E-state index contributed by atoms with van der Waals surface area (Å²) >= 11 is 0. The number of furan rings is 1. The zero-order valence-corrected chi connectivity index (χ0v) is 9.33. The highest BCUT2D eigenvalue weighted by Gasteiger charge is 2.08. The first kappa shape index (κ1) is 10.5. The molecule has 0 fully saturated rings. The van der Waals surface area contributed by atoms with Crippen molar-refractivity contribution >= 4 is 23.0 Å². The minimum atomic E-state index is -0.218. The van der Waals surface area contributed by atoms with Crippen molar-refractivity contribution in [1.29, 1.82) is 0 Å². The Balaban J connectivity index is 1.88. The van der Waals surface area contributed by atoms with Crippen LogP contribution in [0.2, 0.25) is 0 Å². The smallest absolute Gasteiger partial charge is 0.221 e. The van der Waals surface area contributed by atoms with Crippen molar-refractivity contribution in [2.75, 3.05) is 0 Å². The summed E-state index contributed by atoms with van der Waals surface area (Å²) in [6.07, 6.45) is 6.20. The standard InChI is InChI=1S/C13H9N3O2/c17-11(6-5-9-3-2-8-18-9)13-15-10-4-1-7-14-12(10)16-13/h1-8H,(H,14,15,16)/b6-5+. The van der Waals surface area contributed by atoms with E-state index in [0.29, 0.717) is 11.4 Å². The second-order valence-electron chi connectivity index (χ2n) is 3.67. The molecule has 88 valence electrons. The van der Waals surface area contributed by atoms with E-state index in [4.69, 9.17) is 4.42 Å². The summed E-state index contributed by atoms with van der Waals surface area (Å²) in [6, 6.07) is 7.13. The van der Waals surface area contributed by atoms with E-state index in [0.717, 1.165) is 5.52 Å². The molecule has 0 atom stereocenters. The van der Waals surface area contributed by atoms with Crippen LogP contribution in [-0.2, 0) is 0 Å². The lowest BCUT2D eigenvalue weighted by atomic mass is 10.3. The topological polar surface area (TPSA) is 71.8 Å². The van der Waals surface area contributed by atoms with Gasteiger partial charge < -0.3 is 9.40 Å². The molecule has 3 heterocycles. The van der Waals surface area contributed by atoms with Crippen molar-refractivity contribution in [3.8, 4) is 0 Å². The maximum atomic E-state index is 11.9. The van der Waals surface area contributed by atoms with Crippen molar-refractivity contribution < 1.29 is 9.21 Å². The van der Waals surface area contributed by atoms with E-state index in [1.54, 1.807) is 36.7 Å². The van der Waals surface area contributed by atoms with Crippen LogP contribution in [0, 0.1) is 0 Å². The maximum Gasteiger partial charge on any atom is 0.221 e. The third kappa shape index (κ3) is 1.93. The lowest BCUT2D eigenvalue weighted by Gasteiger charge is -1.86. The quantitative estimate of drug-likeness (QED) is 0.563. The van der Waals surface area contributed by atoms with E-state index in [1.807, 2.05) is 6.07 Å². The van der Waals surface area contributed by atoms with Crippen molar-refractivity contribution in [3.05, 3.63) is 54.4 Å². The molecule has 1 N–H and O–H groups in total. The number of nitrogens with one attached hydrogen (secondary N) is 1. The van der Waals surface area contributed by atoms with Crippen LogP contribution in [0.3, 0.4) is 0 Å². The van der Waals surface area contributed by atoms with Crippen LogP contribution in [0.15, 0.2) is 47.2 Å². The van der Waals surface area contributed by atoms with Gasteiger partial charge in [-0.15, -0.1) is 0 Å². The van der Waals surface area contributed by atoms with Gasteiger partial charge in [-0.2, -0.15) is 0 Å². The molecule has 0 bridgehead atoms. The maximum absolute atomic E-state index is 11.9. The highest BCUT2D eigenvalue weighted by Crippen LogP contribution is 2.09. The first-order valence-corrected chi connectivity index (χ1v) is 5.39. The van der Waals surface area contributed by atoms with Gasteiger partial charge in [-0.1, -0.05) is 0 Å². The molecule has 0 amide bonds. The Morgan fingerprint density at radius 2 is 2.28 bits per heavy atom. The molecule has 3 aromatic rings. The summed E-state index contributed by atoms with van der Waals surface area (Å²) in [6.45, 7) is 0. The van der Waals surface area contributed by atoms with Gasteiger partial charge in [-0.25, -0.2) is 9.97 Å². The van der Waals surface area contributed by atoms with E-state index >= 15 is 0 Å². The summed E-state index contributed by atoms with van der Waals surface area (Å²) < 4.78 is 5.10. The summed E-state index contributed by atoms with van der Waals surface area (Å²) in [5.41, 5.74) is 1.28. The average molecular weight is 239 g/mol. The van der Waals surface area contributed by atoms with Crippen LogP contribution < -0.4 is 0 Å². The first-order valence-electron chi connectivity index (χ1n) is 5.39. The Morgan fingerprint density at radius 1 is 1.33 bits per heavy atom. The van der Waals surface area contributed by atoms with E-state index < -0.39 is 0 Å². The number of H-pyrrole nitrogens is 1. The lowest BCUT2D eigenvalue weighted by molar-refractivity contribution is 0.103. The number of fused-ring (bicyclic) bond motifs is 1. The molecule has 18 heavy (non-hydrogen) atoms. The van der Waals surface area contributed by atoms with Crippen LogP contribution in [0.4, 0.5) is 0 Å². The molecule has 0 saturated carbocycles. The fourth-order valence-electron chi connectivity index (χ4n) is 1.58. The minimum Gasteiger partial charge on any atom is -0.465 e. The normalized spacial score (nSPS) is 11.3. The van der Waals surface area contributed by atoms with Crippen molar-refractivity contribution in [2.45, 2.75) is 0 Å². The van der Waals surface area contributed by atoms with Gasteiger partial charge >= 0.3 is 0 Å². The second-order valence-corrected chi connectivity index (χ2v) is 3.67. The van der Waals surface area contributed by atoms with E-state index in [-0.39, 0.29) is 11.6 Å². The molecule has 0 saturated heterocycles. The number of rotatable bonds is 3. The molecule has 3 aromatic heterocycles. The molecule has 5 heteroatoms. The second kappa shape index (κ2) is 4.29. The Labute approximate surface area is 102 Å². The molecule has 0 aliphatic carbocycles. The lowest BCUT2D eigenvalue weighted by Crippen LogP contribution is -1.96. The number of allylic oxidation sites excluding steroid dienone is 1. The monoisotopic (exact) mass is 239 g/mol. The number of carbonyl (C=O) groups is 1. The number of nitrogens with zero attached hydrogens (tertiary/aromatic N) is 2. The Kier molecular flexibility index (Phi) is 2.49. The van der Waals surface area contributed by atoms with Crippen molar-refractivity contribution in [1.82, 2.24) is 15.0 Å². The van der Waals surface area contributed by atoms with Crippen LogP contribution in [0.25, 0.3) is 17.2 Å². The SMILES string of the molecule is O=C(/C=C/c1ccco1)c1nc2ncccc2[nH]1. The number of pyridine rings is 1. The number of imidazole rings is 1. The van der Waals surface area contributed by atoms with Gasteiger partial charge in [0.25, 0.3) is 0 Å². The van der Waals surface area contributed by atoms with Gasteiger partial charge in [-0.3, -0.25) is 4.79 Å². The fraction of sp³-hybridized carbons (Fsp3) is 0. The van der Waals surface area contributed by atoms with Gasteiger partial charge in [0.15, 0.2) is 11.5 Å². The van der Waals surface area contributed by atoms with Crippen LogP contribution in [-0.4, -0.2) is 20.7 Å². The Morgan fingerprint density at radius 3 is 3.06 bits per heavy atom. The number of aromatic amines is 1. The molecular formula is C13H9N3O2. The molecule has 0 radical (unpaired) electrons. The van der Waals surface area contributed by atoms with Crippen molar-refractivity contribution in [3.63, 3.8) is 0 Å². The third-order valence-electron chi connectivity index (χ3n) is 2.43. The fourth-order valence-corrected chi connectivity index (χ4v) is 1.58. The number of carbonyl (C=O) groups excluding carboxylic acids is 1. The van der Waals surface area contributed by atoms with Crippen molar-refractivity contribution in [2.24, 2.45) is 0 Å². The number of hydrogen-bond donors (Lipinski definition) is 1. The summed E-state index contributed by atoms with van der Waals surface area (Å²) in [5.74, 6) is 0.675. The van der Waals surface area contributed by atoms with E-state index in [1.165, 1.54) is 6.08 Å². The highest BCUT2D eigenvalue weighted by molar-refractivity contribution is 6.05. The zero-order chi connectivity index (χ0) is 12.4. The first-order chi connectivity index (χ1) is 8.83. The third-order valence-corrected chi connectivity index (χ3v) is 2.43. The Hall–Kier alpha value is -2.69. The molecule has 0 unspecified atom stereocenters. The number of ketones is 1. The largest absolute Gasteiger partial charge is 0.465 e. The molecule has 0 aromatic carbocycles. The van der Waals surface area contributed by atoms with Gasteiger partial charge in [0.1, 0.15) is 5.76 Å². The van der Waals surface area contributed by atoms with Gasteiger partial charge in [-0.05, 0) is 36.4 Å². The predicted molar refractivity (Wildman–Crippen MR) is 66.0 cm³/mol. The van der Waals surface area contributed by atoms with E-state index in [9.17, 15) is 4.79 Å². The number of hydrogen-bond acceptors (Lipinski definition) is 4. The molecule has 0 aliphatic rings. The summed E-state index contributed by atoms with van der Waals surface area (Å²) in [4.78, 5) is 23.0. The highest BCUT2D eigenvalue weighted by atomic mass is 16.3. The van der Waals surface area contributed by atoms with Crippen LogP contribution >= 0.6 is 0 Å². The predicted octanol–water partition coefficient (Wildman–Crippen LogP) is 2.45. The Bertz CT molecular complexity index is 678. The molecule has 3 rings (SSSR count). The van der Waals surface area contributed by atoms with E-state index in [2.05, 4.69) is 15.0 Å². The minimum absolute atomic E-state index is 0.218. The van der Waals surface area contributed by atoms with Crippen LogP contribution in [0.5, 0.6) is 0 Å². The average Bonchev–Trinajstić information content (AvgIpc) is 3.04. The molecule has 0 aliphatic heterocycles. The van der Waals surface area contributed by atoms with Crippen LogP contribution in [0.1, 0.15) is 16.4 Å². The summed E-state index contributed by atoms with van der Waals surface area (Å²) in [7, 11) is 0. The molecule has 5 nitrogen and oxygen atoms in total. The molecular weight excluding hydrogens is 230 g/mol. The zero-order valence-electron chi connectivity index (χ0n) is 9.33. The molecule has 0 spiro atoms. The van der Waals surface area contributed by atoms with Gasteiger partial charge in [0, 0.05) is 6.20 Å². The number of aromatic nitrogens is 3. The van der Waals surface area contributed by atoms with Gasteiger partial charge in [0.2, 0.25) is 5.78 Å².